The Hall–Kier alpha value is -1.56. The van der Waals surface area contributed by atoms with Gasteiger partial charge in [-0.2, -0.15) is 0 Å². The van der Waals surface area contributed by atoms with Crippen LogP contribution in [0.5, 0.6) is 0 Å². The molecule has 2 N–H and O–H groups in total. The van der Waals surface area contributed by atoms with Gasteiger partial charge in [0.1, 0.15) is 0 Å². The van der Waals surface area contributed by atoms with Crippen LogP contribution in [0.1, 0.15) is 24.2 Å². The van der Waals surface area contributed by atoms with Gasteiger partial charge < -0.3 is 10.6 Å². The third kappa shape index (κ3) is 3.70. The fourth-order valence-electron chi connectivity index (χ4n) is 1.68. The molecule has 0 bridgehead atoms. The maximum atomic E-state index is 13.1. The van der Waals surface area contributed by atoms with E-state index in [0.29, 0.717) is 25.2 Å². The van der Waals surface area contributed by atoms with Crippen molar-refractivity contribution in [3.63, 3.8) is 0 Å². The van der Waals surface area contributed by atoms with Crippen LogP contribution < -0.4 is 5.73 Å². The Morgan fingerprint density at radius 1 is 1.26 bits per heavy atom. The third-order valence-corrected chi connectivity index (χ3v) is 2.80. The van der Waals surface area contributed by atoms with E-state index in [2.05, 4.69) is 0 Å². The summed E-state index contributed by atoms with van der Waals surface area (Å²) in [7, 11) is 1.50. The number of rotatable bonds is 4. The summed E-state index contributed by atoms with van der Waals surface area (Å²) in [5.41, 5.74) is 5.01. The lowest BCUT2D eigenvalue weighted by molar-refractivity contribution is 0.0739. The monoisotopic (exact) mass is 274 g/mol. The molecule has 1 amide bonds. The number of hydrogen-bond donors (Lipinski definition) is 1. The Bertz CT molecular complexity index is 466. The van der Waals surface area contributed by atoms with Crippen molar-refractivity contribution in [3.8, 4) is 0 Å². The van der Waals surface area contributed by atoms with Crippen LogP contribution in [0.4, 0.5) is 13.2 Å². The van der Waals surface area contributed by atoms with Crippen molar-refractivity contribution in [2.45, 2.75) is 13.8 Å². The van der Waals surface area contributed by atoms with Gasteiger partial charge in [0.2, 0.25) is 0 Å². The van der Waals surface area contributed by atoms with Gasteiger partial charge in [0.25, 0.3) is 5.91 Å². The summed E-state index contributed by atoms with van der Waals surface area (Å²) in [5.74, 6) is -4.93. The maximum Gasteiger partial charge on any atom is 0.253 e. The second-order valence-corrected chi connectivity index (χ2v) is 5.28. The molecule has 0 saturated heterocycles. The van der Waals surface area contributed by atoms with E-state index in [-0.39, 0.29) is 11.0 Å². The number of nitrogens with zero attached hydrogens (tertiary/aromatic N) is 1. The quantitative estimate of drug-likeness (QED) is 0.855. The van der Waals surface area contributed by atoms with Gasteiger partial charge in [-0.1, -0.05) is 13.8 Å². The second-order valence-electron chi connectivity index (χ2n) is 5.28. The van der Waals surface area contributed by atoms with Gasteiger partial charge >= 0.3 is 0 Å². The highest BCUT2D eigenvalue weighted by Gasteiger charge is 2.23. The minimum atomic E-state index is -1.58. The van der Waals surface area contributed by atoms with Crippen LogP contribution in [0, 0.1) is 22.9 Å². The Labute approximate surface area is 110 Å². The minimum Gasteiger partial charge on any atom is -0.341 e. The summed E-state index contributed by atoms with van der Waals surface area (Å²) in [5, 5.41) is 0. The summed E-state index contributed by atoms with van der Waals surface area (Å²) in [6.45, 7) is 4.41. The average Bonchev–Trinajstić information content (AvgIpc) is 2.33. The van der Waals surface area contributed by atoms with Crippen molar-refractivity contribution in [2.24, 2.45) is 11.1 Å². The van der Waals surface area contributed by atoms with E-state index in [0.717, 1.165) is 0 Å². The van der Waals surface area contributed by atoms with Gasteiger partial charge in [0.15, 0.2) is 17.5 Å². The largest absolute Gasteiger partial charge is 0.341 e. The zero-order valence-corrected chi connectivity index (χ0v) is 11.1. The molecule has 3 nitrogen and oxygen atoms in total. The topological polar surface area (TPSA) is 46.3 Å². The van der Waals surface area contributed by atoms with Gasteiger partial charge in [0, 0.05) is 19.2 Å². The lowest BCUT2D eigenvalue weighted by Crippen LogP contribution is -2.39. The Balaban J connectivity index is 2.95. The predicted molar refractivity (Wildman–Crippen MR) is 66.1 cm³/mol. The summed E-state index contributed by atoms with van der Waals surface area (Å²) >= 11 is 0. The zero-order valence-electron chi connectivity index (χ0n) is 11.1. The molecule has 0 unspecified atom stereocenters. The maximum absolute atomic E-state index is 13.1. The number of carbonyl (C=O) groups excluding carboxylic acids is 1. The molecule has 0 radical (unpaired) electrons. The molecule has 1 rings (SSSR count). The first-order valence-electron chi connectivity index (χ1n) is 5.78. The SMILES string of the molecule is CN(CC(C)(C)CN)C(=O)c1cc(F)c(F)c(F)c1. The van der Waals surface area contributed by atoms with Crippen molar-refractivity contribution in [3.05, 3.63) is 35.1 Å². The van der Waals surface area contributed by atoms with Crippen molar-refractivity contribution in [2.75, 3.05) is 20.1 Å². The number of halogens is 3. The van der Waals surface area contributed by atoms with Crippen LogP contribution in [0.25, 0.3) is 0 Å². The molecule has 106 valence electrons. The van der Waals surface area contributed by atoms with Crippen molar-refractivity contribution >= 4 is 5.91 Å². The predicted octanol–water partition coefficient (Wildman–Crippen LogP) is 2.16. The minimum absolute atomic E-state index is 0.230. The zero-order chi connectivity index (χ0) is 14.8. The van der Waals surface area contributed by atoms with E-state index in [9.17, 15) is 18.0 Å². The molecule has 0 aliphatic heterocycles. The van der Waals surface area contributed by atoms with Gasteiger partial charge in [-0.15, -0.1) is 0 Å². The summed E-state index contributed by atoms with van der Waals surface area (Å²) in [6, 6.07) is 1.37. The number of carbonyl (C=O) groups is 1. The van der Waals surface area contributed by atoms with Crippen molar-refractivity contribution in [1.82, 2.24) is 4.90 Å². The fraction of sp³-hybridized carbons (Fsp3) is 0.462. The lowest BCUT2D eigenvalue weighted by atomic mass is 9.93. The van der Waals surface area contributed by atoms with E-state index in [4.69, 9.17) is 5.73 Å². The van der Waals surface area contributed by atoms with Crippen LogP contribution in [-0.4, -0.2) is 30.9 Å². The third-order valence-electron chi connectivity index (χ3n) is 2.80. The first-order chi connectivity index (χ1) is 8.68. The second kappa shape index (κ2) is 5.61. The molecule has 0 saturated carbocycles. The number of benzene rings is 1. The van der Waals surface area contributed by atoms with Gasteiger partial charge in [-0.3, -0.25) is 4.79 Å². The Morgan fingerprint density at radius 3 is 2.16 bits per heavy atom. The van der Waals surface area contributed by atoms with Crippen LogP contribution in [-0.2, 0) is 0 Å². The molecule has 6 heteroatoms. The molecule has 0 fully saturated rings. The van der Waals surface area contributed by atoms with Gasteiger partial charge in [0.05, 0.1) is 0 Å². The molecule has 1 aromatic carbocycles. The average molecular weight is 274 g/mol. The Kier molecular flexibility index (Phi) is 4.57. The summed E-state index contributed by atoms with van der Waals surface area (Å²) in [4.78, 5) is 13.3. The fourth-order valence-corrected chi connectivity index (χ4v) is 1.68. The molecule has 0 aliphatic carbocycles. The smallest absolute Gasteiger partial charge is 0.253 e. The highest BCUT2D eigenvalue weighted by molar-refractivity contribution is 5.94. The van der Waals surface area contributed by atoms with Gasteiger partial charge in [-0.05, 0) is 24.1 Å². The van der Waals surface area contributed by atoms with E-state index in [1.807, 2.05) is 13.8 Å². The van der Waals surface area contributed by atoms with Gasteiger partial charge in [-0.25, -0.2) is 13.2 Å². The molecule has 19 heavy (non-hydrogen) atoms. The van der Waals surface area contributed by atoms with E-state index >= 15 is 0 Å². The van der Waals surface area contributed by atoms with Crippen LogP contribution in [0.3, 0.4) is 0 Å². The lowest BCUT2D eigenvalue weighted by Gasteiger charge is -2.29. The highest BCUT2D eigenvalue weighted by Crippen LogP contribution is 2.18. The van der Waals surface area contributed by atoms with E-state index in [1.54, 1.807) is 0 Å². The molecular formula is C13H17F3N2O. The molecule has 0 atom stereocenters. The molecule has 0 aromatic heterocycles. The van der Waals surface area contributed by atoms with Crippen molar-refractivity contribution < 1.29 is 18.0 Å². The summed E-state index contributed by atoms with van der Waals surface area (Å²) in [6.07, 6.45) is 0. The molecular weight excluding hydrogens is 257 g/mol. The highest BCUT2D eigenvalue weighted by atomic mass is 19.2. The van der Waals surface area contributed by atoms with Crippen molar-refractivity contribution in [1.29, 1.82) is 0 Å². The number of amides is 1. The first-order valence-corrected chi connectivity index (χ1v) is 5.78. The van der Waals surface area contributed by atoms with E-state index < -0.39 is 23.4 Å². The summed E-state index contributed by atoms with van der Waals surface area (Å²) < 4.78 is 38.9. The number of hydrogen-bond acceptors (Lipinski definition) is 2. The molecule has 0 aliphatic rings. The normalized spacial score (nSPS) is 11.5. The molecule has 0 heterocycles. The molecule has 0 spiro atoms. The Morgan fingerprint density at radius 2 is 1.74 bits per heavy atom. The number of nitrogens with two attached hydrogens (primary N) is 1. The van der Waals surface area contributed by atoms with E-state index in [1.165, 1.54) is 11.9 Å². The van der Waals surface area contributed by atoms with Crippen LogP contribution in [0.15, 0.2) is 12.1 Å². The van der Waals surface area contributed by atoms with Crippen LogP contribution >= 0.6 is 0 Å². The van der Waals surface area contributed by atoms with Crippen LogP contribution in [0.2, 0.25) is 0 Å². The first kappa shape index (κ1) is 15.5. The standard InChI is InChI=1S/C13H17F3N2O/c1-13(2,6-17)7-18(3)12(19)8-4-9(14)11(16)10(15)5-8/h4-5H,6-7,17H2,1-3H3. The molecule has 1 aromatic rings.